The molecule has 3 aromatic heterocycles. The van der Waals surface area contributed by atoms with Crippen LogP contribution in [0.4, 0.5) is 11.6 Å². The maximum Gasteiger partial charge on any atom is 0.290 e. The van der Waals surface area contributed by atoms with Gasteiger partial charge in [-0.25, -0.2) is 9.97 Å². The van der Waals surface area contributed by atoms with Gasteiger partial charge in [0.2, 0.25) is 0 Å². The molecule has 0 aromatic carbocycles. The summed E-state index contributed by atoms with van der Waals surface area (Å²) in [6.07, 6.45) is 8.52. The van der Waals surface area contributed by atoms with E-state index in [1.54, 1.807) is 32.2 Å². The topological polar surface area (TPSA) is 127 Å². The molecule has 38 heavy (non-hydrogen) atoms. The van der Waals surface area contributed by atoms with Gasteiger partial charge >= 0.3 is 0 Å². The lowest BCUT2D eigenvalue weighted by atomic mass is 10.0. The Bertz CT molecular complexity index is 1240. The highest BCUT2D eigenvalue weighted by molar-refractivity contribution is 5.88. The Morgan fingerprint density at radius 3 is 2.87 bits per heavy atom. The highest BCUT2D eigenvalue weighted by Crippen LogP contribution is 2.21. The van der Waals surface area contributed by atoms with Crippen LogP contribution in [-0.2, 0) is 17.6 Å². The van der Waals surface area contributed by atoms with Crippen LogP contribution >= 0.6 is 0 Å². The molecule has 0 radical (unpaired) electrons. The van der Waals surface area contributed by atoms with Gasteiger partial charge in [-0.05, 0) is 83.2 Å². The van der Waals surface area contributed by atoms with Crippen molar-refractivity contribution in [1.82, 2.24) is 19.9 Å². The number of Topliss-reactive ketones (excluding diaryl/α,β-unsaturated/α-hetero) is 1. The SMILES string of the molecule is CC(=O)[C@H](CCN(CCCCc1ccc2c(n1)NCCC2)CC(C)(C)O)Nc1c2ncccc2nc[n+]1O. The summed E-state index contributed by atoms with van der Waals surface area (Å²) in [6.45, 7) is 8.04. The van der Waals surface area contributed by atoms with E-state index in [0.29, 0.717) is 36.4 Å². The van der Waals surface area contributed by atoms with Crippen LogP contribution in [0.5, 0.6) is 0 Å². The van der Waals surface area contributed by atoms with Crippen molar-refractivity contribution in [1.29, 1.82) is 0 Å². The minimum atomic E-state index is -0.857. The Morgan fingerprint density at radius 1 is 1.24 bits per heavy atom. The Kier molecular flexibility index (Phi) is 9.06. The zero-order valence-corrected chi connectivity index (χ0v) is 22.7. The van der Waals surface area contributed by atoms with E-state index in [4.69, 9.17) is 4.98 Å². The number of aromatic nitrogens is 4. The molecule has 0 bridgehead atoms. The van der Waals surface area contributed by atoms with Crippen molar-refractivity contribution < 1.29 is 19.8 Å². The lowest BCUT2D eigenvalue weighted by Gasteiger charge is -2.30. The van der Waals surface area contributed by atoms with Crippen molar-refractivity contribution >= 4 is 28.5 Å². The van der Waals surface area contributed by atoms with Crippen LogP contribution in [-0.4, -0.2) is 73.8 Å². The average Bonchev–Trinajstić information content (AvgIpc) is 2.88. The molecule has 0 fully saturated rings. The number of rotatable bonds is 13. The molecule has 1 aliphatic heterocycles. The van der Waals surface area contributed by atoms with Gasteiger partial charge in [0.25, 0.3) is 12.1 Å². The second-order valence-corrected chi connectivity index (χ2v) is 10.8. The van der Waals surface area contributed by atoms with Crippen LogP contribution in [0.25, 0.3) is 11.0 Å². The summed E-state index contributed by atoms with van der Waals surface area (Å²) >= 11 is 0. The van der Waals surface area contributed by atoms with Gasteiger partial charge in [-0.3, -0.25) is 10.1 Å². The molecule has 4 heterocycles. The summed E-state index contributed by atoms with van der Waals surface area (Å²) in [5, 5.41) is 27.4. The highest BCUT2D eigenvalue weighted by atomic mass is 16.5. The van der Waals surface area contributed by atoms with Crippen molar-refractivity contribution in [3.8, 4) is 0 Å². The van der Waals surface area contributed by atoms with Crippen LogP contribution in [0.3, 0.4) is 0 Å². The number of anilines is 2. The third-order valence-electron chi connectivity index (χ3n) is 6.80. The standard InChI is InChI=1S/C28H39N7O3/c1-20(36)23(33-27-25-24(10-7-14-29-25)31-19-35(27)38)13-17-34(18-28(2,3)37)16-5-4-9-22-12-11-21-8-6-15-30-26(21)32-22/h7,10-12,14,19,23,37-38H,4-6,8-9,13,15-18H2,1-3H3,(H,30,32)/p+1/t23-/m0/s1. The van der Waals surface area contributed by atoms with Crippen molar-refractivity contribution in [2.24, 2.45) is 0 Å². The molecular formula is C28H40N7O3+. The van der Waals surface area contributed by atoms with Crippen LogP contribution < -0.4 is 15.4 Å². The number of aryl methyl sites for hydroxylation is 2. The summed E-state index contributed by atoms with van der Waals surface area (Å²) < 4.78 is 0.865. The minimum Gasteiger partial charge on any atom is -0.389 e. The lowest BCUT2D eigenvalue weighted by Crippen LogP contribution is -2.43. The molecular weight excluding hydrogens is 482 g/mol. The van der Waals surface area contributed by atoms with Gasteiger partial charge < -0.3 is 20.5 Å². The van der Waals surface area contributed by atoms with E-state index in [2.05, 4.69) is 37.6 Å². The number of hydrogen-bond donors (Lipinski definition) is 4. The number of pyridine rings is 2. The quantitative estimate of drug-likeness (QED) is 0.152. The summed E-state index contributed by atoms with van der Waals surface area (Å²) in [7, 11) is 0. The summed E-state index contributed by atoms with van der Waals surface area (Å²) in [6, 6.07) is 7.37. The molecule has 1 aliphatic rings. The normalized spacial score (nSPS) is 14.2. The van der Waals surface area contributed by atoms with Crippen LogP contribution in [0.1, 0.15) is 57.7 Å². The number of nitrogens with one attached hydrogen (secondary N) is 2. The molecule has 0 spiro atoms. The van der Waals surface area contributed by atoms with Crippen LogP contribution in [0, 0.1) is 0 Å². The second kappa shape index (κ2) is 12.4. The van der Waals surface area contributed by atoms with Gasteiger partial charge in [0.1, 0.15) is 11.9 Å². The molecule has 10 nitrogen and oxygen atoms in total. The van der Waals surface area contributed by atoms with Crippen molar-refractivity contribution in [2.45, 2.75) is 70.9 Å². The Labute approximate surface area is 224 Å². The first kappa shape index (κ1) is 27.7. The molecule has 4 rings (SSSR count). The molecule has 0 saturated carbocycles. The Balaban J connectivity index is 1.35. The first-order valence-electron chi connectivity index (χ1n) is 13.5. The van der Waals surface area contributed by atoms with Crippen LogP contribution in [0.2, 0.25) is 0 Å². The van der Waals surface area contributed by atoms with Gasteiger partial charge in [0.15, 0.2) is 16.8 Å². The first-order chi connectivity index (χ1) is 18.2. The van der Waals surface area contributed by atoms with Gasteiger partial charge in [0, 0.05) is 37.9 Å². The maximum atomic E-state index is 12.5. The first-order valence-corrected chi connectivity index (χ1v) is 13.5. The van der Waals surface area contributed by atoms with Crippen molar-refractivity contribution in [3.05, 3.63) is 48.0 Å². The number of ketones is 1. The molecule has 0 aliphatic carbocycles. The zero-order valence-electron chi connectivity index (χ0n) is 22.7. The number of carbonyl (C=O) groups is 1. The molecule has 0 amide bonds. The number of hydrogen-bond acceptors (Lipinski definition) is 9. The van der Waals surface area contributed by atoms with E-state index in [9.17, 15) is 15.1 Å². The van der Waals surface area contributed by atoms with E-state index in [1.165, 1.54) is 18.8 Å². The largest absolute Gasteiger partial charge is 0.389 e. The Morgan fingerprint density at radius 2 is 2.08 bits per heavy atom. The summed E-state index contributed by atoms with van der Waals surface area (Å²) in [4.78, 5) is 28.0. The molecule has 0 saturated heterocycles. The fourth-order valence-electron chi connectivity index (χ4n) is 4.92. The number of aliphatic hydroxyl groups is 1. The van der Waals surface area contributed by atoms with Gasteiger partial charge in [0.05, 0.1) is 5.60 Å². The number of nitrogens with zero attached hydrogens (tertiary/aromatic N) is 5. The third-order valence-corrected chi connectivity index (χ3v) is 6.80. The molecule has 3 aromatic rings. The van der Waals surface area contributed by atoms with E-state index in [0.717, 1.165) is 61.4 Å². The van der Waals surface area contributed by atoms with E-state index < -0.39 is 11.6 Å². The monoisotopic (exact) mass is 522 g/mol. The summed E-state index contributed by atoms with van der Waals surface area (Å²) in [5.41, 5.74) is 2.65. The zero-order chi connectivity index (χ0) is 27.1. The van der Waals surface area contributed by atoms with E-state index in [-0.39, 0.29) is 5.78 Å². The maximum absolute atomic E-state index is 12.5. The van der Waals surface area contributed by atoms with E-state index >= 15 is 0 Å². The second-order valence-electron chi connectivity index (χ2n) is 10.8. The molecule has 10 heteroatoms. The molecule has 0 unspecified atom stereocenters. The van der Waals surface area contributed by atoms with Gasteiger partial charge in [-0.15, -0.1) is 4.98 Å². The van der Waals surface area contributed by atoms with E-state index in [1.807, 2.05) is 0 Å². The Hall–Kier alpha value is -3.37. The minimum absolute atomic E-state index is 0.0406. The predicted octanol–water partition coefficient (Wildman–Crippen LogP) is 2.76. The molecule has 204 valence electrons. The smallest absolute Gasteiger partial charge is 0.290 e. The number of fused-ring (bicyclic) bond motifs is 2. The van der Waals surface area contributed by atoms with Crippen LogP contribution in [0.15, 0.2) is 36.8 Å². The average molecular weight is 523 g/mol. The van der Waals surface area contributed by atoms with Gasteiger partial charge in [-0.2, -0.15) is 0 Å². The molecule has 1 atom stereocenters. The van der Waals surface area contributed by atoms with Crippen molar-refractivity contribution in [2.75, 3.05) is 36.8 Å². The fourth-order valence-corrected chi connectivity index (χ4v) is 4.92. The number of carbonyl (C=O) groups excluding carboxylic acids is 1. The lowest BCUT2D eigenvalue weighted by molar-refractivity contribution is -0.894. The van der Waals surface area contributed by atoms with Gasteiger partial charge in [-0.1, -0.05) is 10.8 Å². The highest BCUT2D eigenvalue weighted by Gasteiger charge is 2.26. The molecule has 4 N–H and O–H groups in total. The fraction of sp³-hybridized carbons (Fsp3) is 0.536. The van der Waals surface area contributed by atoms with Crippen molar-refractivity contribution in [3.63, 3.8) is 0 Å². The number of unbranched alkanes of at least 4 members (excludes halogenated alkanes) is 1. The third kappa shape index (κ3) is 7.58. The summed E-state index contributed by atoms with van der Waals surface area (Å²) in [5.74, 6) is 1.32. The predicted molar refractivity (Wildman–Crippen MR) is 146 cm³/mol.